The van der Waals surface area contributed by atoms with E-state index in [2.05, 4.69) is 10.3 Å². The number of methoxy groups -OCH3 is 1. The Morgan fingerprint density at radius 2 is 1.86 bits per heavy atom. The van der Waals surface area contributed by atoms with Crippen molar-refractivity contribution in [1.29, 1.82) is 0 Å². The van der Waals surface area contributed by atoms with Crippen LogP contribution in [0, 0.1) is 12.7 Å². The molecule has 0 radical (unpaired) electrons. The summed E-state index contributed by atoms with van der Waals surface area (Å²) in [6, 6.07) is 15.6. The largest absolute Gasteiger partial charge is 0.433 e. The molecule has 3 rings (SSSR count). The zero-order chi connectivity index (χ0) is 26.1. The molecule has 5 nitrogen and oxygen atoms in total. The highest BCUT2D eigenvalue weighted by Crippen LogP contribution is 2.30. The van der Waals surface area contributed by atoms with Gasteiger partial charge in [0.15, 0.2) is 0 Å². The van der Waals surface area contributed by atoms with Gasteiger partial charge in [0.2, 0.25) is 5.91 Å². The Bertz CT molecular complexity index is 1120. The van der Waals surface area contributed by atoms with Gasteiger partial charge in [0, 0.05) is 32.1 Å². The lowest BCUT2D eigenvalue weighted by Crippen LogP contribution is -2.42. The average Bonchev–Trinajstić information content (AvgIpc) is 2.85. The van der Waals surface area contributed by atoms with Crippen molar-refractivity contribution >= 4 is 11.6 Å². The number of hydrogen-bond acceptors (Lipinski definition) is 4. The van der Waals surface area contributed by atoms with E-state index in [0.717, 1.165) is 11.6 Å². The van der Waals surface area contributed by atoms with Gasteiger partial charge in [-0.15, -0.1) is 0 Å². The Labute approximate surface area is 208 Å². The number of carbonyl (C=O) groups excluding carboxylic acids is 1. The van der Waals surface area contributed by atoms with Crippen molar-refractivity contribution in [2.75, 3.05) is 31.7 Å². The summed E-state index contributed by atoms with van der Waals surface area (Å²) in [5, 5.41) is 2.89. The predicted octanol–water partition coefficient (Wildman–Crippen LogP) is 5.49. The molecule has 0 fully saturated rings. The molecule has 0 spiro atoms. The Balaban J connectivity index is 1.88. The number of aryl methyl sites for hydroxylation is 2. The molecule has 2 aromatic carbocycles. The van der Waals surface area contributed by atoms with Gasteiger partial charge in [-0.25, -0.2) is 4.39 Å². The van der Waals surface area contributed by atoms with Crippen LogP contribution in [0.4, 0.5) is 23.2 Å². The van der Waals surface area contributed by atoms with Crippen molar-refractivity contribution in [2.24, 2.45) is 0 Å². The molecule has 36 heavy (non-hydrogen) atoms. The lowest BCUT2D eigenvalue weighted by Gasteiger charge is -2.33. The molecule has 3 aromatic rings. The summed E-state index contributed by atoms with van der Waals surface area (Å²) in [5.41, 5.74) is 1.57. The molecule has 0 aliphatic rings. The van der Waals surface area contributed by atoms with Crippen LogP contribution in [0.3, 0.4) is 0 Å². The van der Waals surface area contributed by atoms with Gasteiger partial charge in [-0.3, -0.25) is 9.78 Å². The number of ether oxygens (including phenoxy) is 1. The van der Waals surface area contributed by atoms with Crippen molar-refractivity contribution in [3.63, 3.8) is 0 Å². The number of nitrogens with zero attached hydrogens (tertiary/aromatic N) is 2. The van der Waals surface area contributed by atoms with Gasteiger partial charge in [0.25, 0.3) is 0 Å². The zero-order valence-electron chi connectivity index (χ0n) is 20.2. The summed E-state index contributed by atoms with van der Waals surface area (Å²) in [6.45, 7) is 2.72. The number of halogens is 4. The van der Waals surface area contributed by atoms with Gasteiger partial charge < -0.3 is 15.0 Å². The Kier molecular flexibility index (Phi) is 9.41. The minimum Gasteiger partial charge on any atom is -0.383 e. The maximum atomic E-state index is 14.0. The molecule has 1 unspecified atom stereocenters. The van der Waals surface area contributed by atoms with Crippen molar-refractivity contribution < 1.29 is 27.1 Å². The molecule has 0 saturated heterocycles. The SMILES string of the molecule is COCCNC(=O)C(c1ccccc1)N(CCCc1ccc(C(F)(F)F)nc1)c1ccc(F)c(C)c1. The first-order chi connectivity index (χ1) is 17.2. The predicted molar refractivity (Wildman–Crippen MR) is 130 cm³/mol. The third-order valence-corrected chi connectivity index (χ3v) is 5.73. The molecular weight excluding hydrogens is 474 g/mol. The van der Waals surface area contributed by atoms with Crippen LogP contribution in [0.25, 0.3) is 0 Å². The number of hydrogen-bond donors (Lipinski definition) is 1. The fraction of sp³-hybridized carbons (Fsp3) is 0.333. The molecule has 1 amide bonds. The molecular formula is C27H29F4N3O2. The number of anilines is 1. The molecule has 0 aliphatic heterocycles. The summed E-state index contributed by atoms with van der Waals surface area (Å²) in [5.74, 6) is -0.591. The van der Waals surface area contributed by atoms with Crippen LogP contribution in [0.5, 0.6) is 0 Å². The molecule has 192 valence electrons. The van der Waals surface area contributed by atoms with E-state index in [9.17, 15) is 22.4 Å². The molecule has 1 N–H and O–H groups in total. The van der Waals surface area contributed by atoms with E-state index in [1.807, 2.05) is 35.2 Å². The van der Waals surface area contributed by atoms with Gasteiger partial charge in [0.1, 0.15) is 17.6 Å². The van der Waals surface area contributed by atoms with Crippen LogP contribution in [-0.4, -0.2) is 37.7 Å². The van der Waals surface area contributed by atoms with Crippen molar-refractivity contribution in [2.45, 2.75) is 32.0 Å². The first-order valence-corrected chi connectivity index (χ1v) is 11.6. The quantitative estimate of drug-likeness (QED) is 0.278. The van der Waals surface area contributed by atoms with E-state index in [-0.39, 0.29) is 11.7 Å². The third-order valence-electron chi connectivity index (χ3n) is 5.73. The molecule has 1 atom stereocenters. The first-order valence-electron chi connectivity index (χ1n) is 11.6. The number of carbonyl (C=O) groups is 1. The Hall–Kier alpha value is -3.46. The number of rotatable bonds is 11. The van der Waals surface area contributed by atoms with Crippen LogP contribution in [0.15, 0.2) is 66.9 Å². The maximum Gasteiger partial charge on any atom is 0.433 e. The number of nitrogens with one attached hydrogen (secondary N) is 1. The van der Waals surface area contributed by atoms with E-state index in [0.29, 0.717) is 49.4 Å². The van der Waals surface area contributed by atoms with Crippen LogP contribution in [0.2, 0.25) is 0 Å². The Morgan fingerprint density at radius 3 is 2.47 bits per heavy atom. The molecule has 0 bridgehead atoms. The fourth-order valence-corrected chi connectivity index (χ4v) is 3.89. The van der Waals surface area contributed by atoms with Gasteiger partial charge in [0.05, 0.1) is 6.61 Å². The molecule has 0 saturated carbocycles. The van der Waals surface area contributed by atoms with E-state index >= 15 is 0 Å². The topological polar surface area (TPSA) is 54.5 Å². The molecule has 0 aliphatic carbocycles. The number of amides is 1. The van der Waals surface area contributed by atoms with Crippen molar-refractivity contribution in [3.8, 4) is 0 Å². The monoisotopic (exact) mass is 503 g/mol. The molecule has 1 heterocycles. The molecule has 9 heteroatoms. The standard InChI is InChI=1S/C27H29F4N3O2/c1-19-17-22(11-12-23(19)28)34(15-6-7-20-10-13-24(33-18-20)27(29,30)31)25(21-8-4-3-5-9-21)26(35)32-14-16-36-2/h3-5,8-13,17-18,25H,6-7,14-16H2,1-2H3,(H,32,35). The van der Waals surface area contributed by atoms with Crippen molar-refractivity contribution in [3.05, 3.63) is 95.1 Å². The second-order valence-corrected chi connectivity index (χ2v) is 8.38. The van der Waals surface area contributed by atoms with Crippen LogP contribution in [0.1, 0.15) is 34.8 Å². The minimum atomic E-state index is -4.49. The first kappa shape index (κ1) is 27.1. The highest BCUT2D eigenvalue weighted by atomic mass is 19.4. The Morgan fingerprint density at radius 1 is 1.11 bits per heavy atom. The van der Waals surface area contributed by atoms with Gasteiger partial charge in [-0.1, -0.05) is 36.4 Å². The smallest absolute Gasteiger partial charge is 0.383 e. The van der Waals surface area contributed by atoms with E-state index < -0.39 is 17.9 Å². The second kappa shape index (κ2) is 12.5. The fourth-order valence-electron chi connectivity index (χ4n) is 3.89. The normalized spacial score (nSPS) is 12.3. The summed E-state index contributed by atoms with van der Waals surface area (Å²) in [4.78, 5) is 18.8. The zero-order valence-corrected chi connectivity index (χ0v) is 20.2. The maximum absolute atomic E-state index is 14.0. The second-order valence-electron chi connectivity index (χ2n) is 8.38. The third kappa shape index (κ3) is 7.27. The average molecular weight is 504 g/mol. The number of pyridine rings is 1. The van der Waals surface area contributed by atoms with Crippen LogP contribution in [-0.2, 0) is 22.1 Å². The molecule has 1 aromatic heterocycles. The number of alkyl halides is 3. The van der Waals surface area contributed by atoms with E-state index in [1.54, 1.807) is 26.2 Å². The van der Waals surface area contributed by atoms with Crippen LogP contribution < -0.4 is 10.2 Å². The van der Waals surface area contributed by atoms with Gasteiger partial charge in [-0.05, 0) is 60.7 Å². The lowest BCUT2D eigenvalue weighted by molar-refractivity contribution is -0.141. The summed E-state index contributed by atoms with van der Waals surface area (Å²) < 4.78 is 57.6. The summed E-state index contributed by atoms with van der Waals surface area (Å²) in [6.07, 6.45) is -2.29. The van der Waals surface area contributed by atoms with E-state index in [1.165, 1.54) is 18.3 Å². The summed E-state index contributed by atoms with van der Waals surface area (Å²) >= 11 is 0. The van der Waals surface area contributed by atoms with Gasteiger partial charge >= 0.3 is 6.18 Å². The minimum absolute atomic E-state index is 0.239. The van der Waals surface area contributed by atoms with E-state index in [4.69, 9.17) is 4.74 Å². The van der Waals surface area contributed by atoms with Crippen LogP contribution >= 0.6 is 0 Å². The highest BCUT2D eigenvalue weighted by Gasteiger charge is 2.32. The van der Waals surface area contributed by atoms with Gasteiger partial charge in [-0.2, -0.15) is 13.2 Å². The highest BCUT2D eigenvalue weighted by molar-refractivity contribution is 5.86. The lowest BCUT2D eigenvalue weighted by atomic mass is 10.0. The number of aromatic nitrogens is 1. The van der Waals surface area contributed by atoms with Crippen molar-refractivity contribution in [1.82, 2.24) is 10.3 Å². The summed E-state index contributed by atoms with van der Waals surface area (Å²) in [7, 11) is 1.55. The number of benzene rings is 2.